The summed E-state index contributed by atoms with van der Waals surface area (Å²) in [6.45, 7) is 3.24. The second-order valence-corrected chi connectivity index (χ2v) is 9.03. The Morgan fingerprint density at radius 1 is 1.16 bits per heavy atom. The number of benzene rings is 1. The van der Waals surface area contributed by atoms with Gasteiger partial charge in [-0.2, -0.15) is 0 Å². The van der Waals surface area contributed by atoms with Crippen molar-refractivity contribution in [1.29, 1.82) is 0 Å². The highest BCUT2D eigenvalue weighted by atomic mass is 32.2. The van der Waals surface area contributed by atoms with Crippen molar-refractivity contribution in [3.63, 3.8) is 0 Å². The second-order valence-electron chi connectivity index (χ2n) is 7.24. The summed E-state index contributed by atoms with van der Waals surface area (Å²) in [6, 6.07) is 6.81. The summed E-state index contributed by atoms with van der Waals surface area (Å²) in [7, 11) is -1.68. The van der Waals surface area contributed by atoms with Gasteiger partial charge in [0.25, 0.3) is 11.8 Å². The lowest BCUT2D eigenvalue weighted by Crippen LogP contribution is -2.52. The highest BCUT2D eigenvalue weighted by Gasteiger charge is 2.46. The molecular formula is C21H26N4O5S. The van der Waals surface area contributed by atoms with Gasteiger partial charge < -0.3 is 10.1 Å². The van der Waals surface area contributed by atoms with Gasteiger partial charge in [-0.05, 0) is 31.4 Å². The monoisotopic (exact) mass is 446 g/mol. The largest absolute Gasteiger partial charge is 0.381 e. The van der Waals surface area contributed by atoms with E-state index < -0.39 is 21.5 Å². The quantitative estimate of drug-likeness (QED) is 0.320. The van der Waals surface area contributed by atoms with E-state index in [1.54, 1.807) is 29.7 Å². The zero-order valence-corrected chi connectivity index (χ0v) is 18.1. The topological polar surface area (TPSA) is 131 Å². The van der Waals surface area contributed by atoms with E-state index in [9.17, 15) is 13.8 Å². The number of unbranched alkanes of at least 4 members (excludes halogenated alkanes) is 1. The number of aromatic nitrogens is 2. The van der Waals surface area contributed by atoms with Gasteiger partial charge in [-0.1, -0.05) is 25.5 Å². The molecular weight excluding hydrogens is 420 g/mol. The maximum Gasteiger partial charge on any atom is 0.271 e. The molecule has 1 unspecified atom stereocenters. The fourth-order valence-corrected chi connectivity index (χ4v) is 4.92. The van der Waals surface area contributed by atoms with Crippen molar-refractivity contribution in [2.75, 3.05) is 19.8 Å². The minimum Gasteiger partial charge on any atom is -0.381 e. The van der Waals surface area contributed by atoms with Gasteiger partial charge in [0.15, 0.2) is 0 Å². The zero-order valence-electron chi connectivity index (χ0n) is 17.3. The van der Waals surface area contributed by atoms with Crippen molar-refractivity contribution in [1.82, 2.24) is 20.8 Å². The highest BCUT2D eigenvalue weighted by molar-refractivity contribution is 7.87. The minimum atomic E-state index is -1.68. The first kappa shape index (κ1) is 23.0. The molecule has 2 amide bonds. The molecule has 0 aliphatic carbocycles. The number of rotatable bonds is 8. The van der Waals surface area contributed by atoms with Gasteiger partial charge in [0.05, 0.1) is 28.9 Å². The van der Waals surface area contributed by atoms with Gasteiger partial charge in [0, 0.05) is 30.2 Å². The van der Waals surface area contributed by atoms with E-state index in [0.29, 0.717) is 30.3 Å². The molecule has 1 fully saturated rings. The van der Waals surface area contributed by atoms with Crippen LogP contribution in [0.2, 0.25) is 0 Å². The molecule has 1 aromatic heterocycles. The van der Waals surface area contributed by atoms with Crippen molar-refractivity contribution in [3.05, 3.63) is 42.4 Å². The Morgan fingerprint density at radius 2 is 1.87 bits per heavy atom. The fourth-order valence-electron chi connectivity index (χ4n) is 3.34. The lowest BCUT2D eigenvalue weighted by molar-refractivity contribution is -0.134. The third-order valence-electron chi connectivity index (χ3n) is 5.24. The van der Waals surface area contributed by atoms with Crippen LogP contribution in [0.25, 0.3) is 11.3 Å². The number of hydrogen-bond donors (Lipinski definition) is 3. The Labute approximate surface area is 183 Å². The van der Waals surface area contributed by atoms with E-state index >= 15 is 0 Å². The number of carbonyl (C=O) groups excluding carboxylic acids is 2. The molecule has 1 atom stereocenters. The van der Waals surface area contributed by atoms with Gasteiger partial charge >= 0.3 is 0 Å². The fraction of sp³-hybridized carbons (Fsp3) is 0.429. The smallest absolute Gasteiger partial charge is 0.271 e. The van der Waals surface area contributed by atoms with Crippen LogP contribution in [0.3, 0.4) is 0 Å². The Bertz CT molecular complexity index is 928. The summed E-state index contributed by atoms with van der Waals surface area (Å²) in [5, 5.41) is 11.9. The Hall–Kier alpha value is -2.69. The average molecular weight is 447 g/mol. The number of nitrogens with zero attached hydrogens (tertiary/aromatic N) is 2. The van der Waals surface area contributed by atoms with Crippen molar-refractivity contribution in [2.45, 2.75) is 42.2 Å². The zero-order chi connectivity index (χ0) is 22.3. The van der Waals surface area contributed by atoms with Crippen LogP contribution in [0.1, 0.15) is 43.1 Å². The van der Waals surface area contributed by atoms with Gasteiger partial charge in [-0.25, -0.2) is 10.5 Å². The van der Waals surface area contributed by atoms with E-state index in [1.807, 2.05) is 6.92 Å². The van der Waals surface area contributed by atoms with Crippen LogP contribution in [0.5, 0.6) is 0 Å². The van der Waals surface area contributed by atoms with E-state index in [-0.39, 0.29) is 24.4 Å². The molecule has 31 heavy (non-hydrogen) atoms. The molecule has 3 rings (SSSR count). The predicted molar refractivity (Wildman–Crippen MR) is 114 cm³/mol. The van der Waals surface area contributed by atoms with Crippen molar-refractivity contribution < 1.29 is 23.7 Å². The SMILES string of the molecule is CCCCNC(=O)c1cnc(-c2ccc(S(=O)C3(C(=O)NO)CCOCC3)cc2)cn1. The van der Waals surface area contributed by atoms with E-state index in [4.69, 9.17) is 9.94 Å². The number of nitrogens with one attached hydrogen (secondary N) is 2. The Morgan fingerprint density at radius 3 is 2.45 bits per heavy atom. The summed E-state index contributed by atoms with van der Waals surface area (Å²) in [5.74, 6) is -0.931. The predicted octanol–water partition coefficient (Wildman–Crippen LogP) is 1.84. The first-order valence-corrected chi connectivity index (χ1v) is 11.3. The van der Waals surface area contributed by atoms with E-state index in [1.165, 1.54) is 12.4 Å². The first-order valence-electron chi connectivity index (χ1n) is 10.2. The van der Waals surface area contributed by atoms with Crippen LogP contribution in [0.4, 0.5) is 0 Å². The molecule has 3 N–H and O–H groups in total. The maximum atomic E-state index is 13.2. The number of carbonyl (C=O) groups is 2. The van der Waals surface area contributed by atoms with Crippen LogP contribution in [0, 0.1) is 0 Å². The molecule has 2 aromatic rings. The summed E-state index contributed by atoms with van der Waals surface area (Å²) < 4.78 is 17.3. The van der Waals surface area contributed by atoms with Gasteiger partial charge in [-0.3, -0.25) is 24.0 Å². The molecule has 1 aromatic carbocycles. The van der Waals surface area contributed by atoms with E-state index in [2.05, 4.69) is 15.3 Å². The second kappa shape index (κ2) is 10.6. The molecule has 0 radical (unpaired) electrons. The molecule has 0 spiro atoms. The lowest BCUT2D eigenvalue weighted by Gasteiger charge is -2.33. The summed E-state index contributed by atoms with van der Waals surface area (Å²) >= 11 is 0. The van der Waals surface area contributed by atoms with Crippen LogP contribution < -0.4 is 10.8 Å². The molecule has 1 saturated heterocycles. The molecule has 2 heterocycles. The number of ether oxygens (including phenoxy) is 1. The number of hydroxylamine groups is 1. The van der Waals surface area contributed by atoms with Crippen LogP contribution in [0.15, 0.2) is 41.6 Å². The molecule has 0 bridgehead atoms. The minimum absolute atomic E-state index is 0.244. The Kier molecular flexibility index (Phi) is 7.83. The summed E-state index contributed by atoms with van der Waals surface area (Å²) in [5.41, 5.74) is 3.20. The number of hydrogen-bond acceptors (Lipinski definition) is 7. The third kappa shape index (κ3) is 5.15. The number of amides is 2. The Balaban J connectivity index is 1.74. The van der Waals surface area contributed by atoms with Crippen LogP contribution in [-0.2, 0) is 20.3 Å². The van der Waals surface area contributed by atoms with Gasteiger partial charge in [-0.15, -0.1) is 0 Å². The third-order valence-corrected chi connectivity index (χ3v) is 7.24. The molecule has 9 nitrogen and oxygen atoms in total. The highest BCUT2D eigenvalue weighted by Crippen LogP contribution is 2.32. The van der Waals surface area contributed by atoms with Crippen molar-refractivity contribution in [3.8, 4) is 11.3 Å². The van der Waals surface area contributed by atoms with Crippen LogP contribution in [-0.4, -0.2) is 55.7 Å². The molecule has 10 heteroatoms. The average Bonchev–Trinajstić information content (AvgIpc) is 2.83. The summed E-state index contributed by atoms with van der Waals surface area (Å²) in [4.78, 5) is 33.3. The molecule has 1 aliphatic heterocycles. The summed E-state index contributed by atoms with van der Waals surface area (Å²) in [6.07, 6.45) is 5.33. The van der Waals surface area contributed by atoms with Crippen molar-refractivity contribution in [2.24, 2.45) is 0 Å². The molecule has 0 saturated carbocycles. The van der Waals surface area contributed by atoms with Gasteiger partial charge in [0.2, 0.25) is 0 Å². The van der Waals surface area contributed by atoms with Crippen LogP contribution >= 0.6 is 0 Å². The standard InChI is InChI=1S/C21H26N4O5S/c1-2-3-10-22-19(26)18-14-23-17(13-24-18)15-4-6-16(7-5-15)31(29)21(20(27)25-28)8-11-30-12-9-21/h4-7,13-14,28H,2-3,8-12H2,1H3,(H,22,26)(H,25,27). The first-order chi connectivity index (χ1) is 15.0. The van der Waals surface area contributed by atoms with E-state index in [0.717, 1.165) is 18.4 Å². The maximum absolute atomic E-state index is 13.2. The van der Waals surface area contributed by atoms with Crippen molar-refractivity contribution >= 4 is 22.6 Å². The molecule has 166 valence electrons. The molecule has 1 aliphatic rings. The normalized spacial score (nSPS) is 16.3. The van der Waals surface area contributed by atoms with Gasteiger partial charge in [0.1, 0.15) is 10.4 Å². The lowest BCUT2D eigenvalue weighted by atomic mass is 9.98.